The highest BCUT2D eigenvalue weighted by molar-refractivity contribution is 9.10. The van der Waals surface area contributed by atoms with E-state index in [1.54, 1.807) is 0 Å². The molecule has 122 valence electrons. The van der Waals surface area contributed by atoms with Crippen LogP contribution < -0.4 is 9.46 Å². The number of benzene rings is 2. The third kappa shape index (κ3) is 4.67. The fraction of sp³-hybridized carbons (Fsp3) is 0.0714. The number of hydrogen-bond donors (Lipinski definition) is 2. The Morgan fingerprint density at radius 3 is 2.43 bits per heavy atom. The minimum Gasteiger partial charge on any atom is -0.482 e. The van der Waals surface area contributed by atoms with Crippen LogP contribution in [-0.2, 0) is 14.8 Å². The van der Waals surface area contributed by atoms with E-state index in [4.69, 9.17) is 9.84 Å². The Hall–Kier alpha value is -2.13. The molecule has 0 amide bonds. The second-order valence-electron chi connectivity index (χ2n) is 4.38. The van der Waals surface area contributed by atoms with Crippen molar-refractivity contribution >= 4 is 37.6 Å². The van der Waals surface area contributed by atoms with Gasteiger partial charge in [-0.3, -0.25) is 4.72 Å². The molecule has 2 N–H and O–H groups in total. The van der Waals surface area contributed by atoms with Gasteiger partial charge in [0.1, 0.15) is 11.6 Å². The second kappa shape index (κ2) is 6.97. The molecule has 2 rings (SSSR count). The fourth-order valence-electron chi connectivity index (χ4n) is 1.64. The zero-order valence-corrected chi connectivity index (χ0v) is 13.9. The summed E-state index contributed by atoms with van der Waals surface area (Å²) < 4.78 is 45.6. The Balaban J connectivity index is 2.17. The van der Waals surface area contributed by atoms with Crippen LogP contribution in [0.1, 0.15) is 0 Å². The van der Waals surface area contributed by atoms with Crippen LogP contribution in [0.25, 0.3) is 0 Å². The number of hydrogen-bond acceptors (Lipinski definition) is 4. The number of nitrogens with one attached hydrogen (secondary N) is 1. The number of carbonyl (C=O) groups is 1. The summed E-state index contributed by atoms with van der Waals surface area (Å²) in [5.74, 6) is -1.65. The van der Waals surface area contributed by atoms with E-state index in [9.17, 15) is 17.6 Å². The summed E-state index contributed by atoms with van der Waals surface area (Å²) in [7, 11) is -3.97. The van der Waals surface area contributed by atoms with E-state index in [0.717, 1.165) is 6.07 Å². The first-order valence-corrected chi connectivity index (χ1v) is 8.48. The molecule has 0 aliphatic carbocycles. The van der Waals surface area contributed by atoms with Crippen LogP contribution in [0.3, 0.4) is 0 Å². The standard InChI is InChI=1S/C14H11BrFNO5S/c15-9-1-6-13(12(16)7-9)17-23(20,21)11-4-2-10(3-5-11)22-8-14(18)19/h1-7,17H,8H2,(H,18,19). The molecule has 0 aromatic heterocycles. The molecule has 2 aromatic carbocycles. The molecular weight excluding hydrogens is 393 g/mol. The largest absolute Gasteiger partial charge is 0.482 e. The zero-order chi connectivity index (χ0) is 17.0. The summed E-state index contributed by atoms with van der Waals surface area (Å²) in [4.78, 5) is 10.3. The number of anilines is 1. The highest BCUT2D eigenvalue weighted by atomic mass is 79.9. The molecule has 0 heterocycles. The normalized spacial score (nSPS) is 11.0. The average Bonchev–Trinajstić information content (AvgIpc) is 2.48. The number of rotatable bonds is 6. The number of carboxylic acid groups (broad SMARTS) is 1. The summed E-state index contributed by atoms with van der Waals surface area (Å²) in [5.41, 5.74) is -0.181. The average molecular weight is 404 g/mol. The Morgan fingerprint density at radius 1 is 1.22 bits per heavy atom. The maximum Gasteiger partial charge on any atom is 0.341 e. The monoisotopic (exact) mass is 403 g/mol. The van der Waals surface area contributed by atoms with Crippen molar-refractivity contribution in [1.82, 2.24) is 0 Å². The lowest BCUT2D eigenvalue weighted by atomic mass is 10.3. The number of halogens is 2. The SMILES string of the molecule is O=C(O)COc1ccc(S(=O)(=O)Nc2ccc(Br)cc2F)cc1. The molecular formula is C14H11BrFNO5S. The molecule has 0 fully saturated rings. The quantitative estimate of drug-likeness (QED) is 0.773. The first kappa shape index (κ1) is 17.2. The summed E-state index contributed by atoms with van der Waals surface area (Å²) in [6.45, 7) is -0.533. The zero-order valence-electron chi connectivity index (χ0n) is 11.5. The predicted molar refractivity (Wildman–Crippen MR) is 84.5 cm³/mol. The predicted octanol–water partition coefficient (Wildman–Crippen LogP) is 2.85. The molecule has 0 spiro atoms. The topological polar surface area (TPSA) is 92.7 Å². The van der Waals surface area contributed by atoms with Gasteiger partial charge >= 0.3 is 5.97 Å². The molecule has 0 aliphatic rings. The minimum absolute atomic E-state index is 0.109. The highest BCUT2D eigenvalue weighted by Crippen LogP contribution is 2.23. The van der Waals surface area contributed by atoms with E-state index in [0.29, 0.717) is 4.47 Å². The molecule has 0 saturated carbocycles. The van der Waals surface area contributed by atoms with Crippen LogP contribution in [-0.4, -0.2) is 26.1 Å². The molecule has 9 heteroatoms. The van der Waals surface area contributed by atoms with E-state index in [-0.39, 0.29) is 16.3 Å². The van der Waals surface area contributed by atoms with E-state index in [2.05, 4.69) is 20.7 Å². The smallest absolute Gasteiger partial charge is 0.341 e. The third-order valence-corrected chi connectivity index (χ3v) is 4.55. The summed E-state index contributed by atoms with van der Waals surface area (Å²) in [6.07, 6.45) is 0. The van der Waals surface area contributed by atoms with Crippen molar-refractivity contribution in [2.24, 2.45) is 0 Å². The molecule has 0 atom stereocenters. The van der Waals surface area contributed by atoms with E-state index in [1.807, 2.05) is 0 Å². The second-order valence-corrected chi connectivity index (χ2v) is 6.98. The van der Waals surface area contributed by atoms with Crippen LogP contribution in [0.4, 0.5) is 10.1 Å². The number of aliphatic carboxylic acids is 1. The fourth-order valence-corrected chi connectivity index (χ4v) is 3.04. The summed E-state index contributed by atoms with van der Waals surface area (Å²) >= 11 is 3.08. The van der Waals surface area contributed by atoms with Gasteiger partial charge in [0.25, 0.3) is 10.0 Å². The van der Waals surface area contributed by atoms with Crippen LogP contribution in [0.2, 0.25) is 0 Å². The van der Waals surface area contributed by atoms with Crippen molar-refractivity contribution in [1.29, 1.82) is 0 Å². The van der Waals surface area contributed by atoms with Gasteiger partial charge in [0, 0.05) is 4.47 Å². The van der Waals surface area contributed by atoms with Crippen molar-refractivity contribution in [3.05, 3.63) is 52.8 Å². The molecule has 2 aromatic rings. The minimum atomic E-state index is -3.97. The highest BCUT2D eigenvalue weighted by Gasteiger charge is 2.16. The van der Waals surface area contributed by atoms with Crippen LogP contribution in [0.15, 0.2) is 51.8 Å². The Kier molecular flexibility index (Phi) is 5.22. The number of sulfonamides is 1. The molecule has 6 nitrogen and oxygen atoms in total. The van der Waals surface area contributed by atoms with Gasteiger partial charge in [-0.05, 0) is 42.5 Å². The van der Waals surface area contributed by atoms with Gasteiger partial charge in [-0.25, -0.2) is 17.6 Å². The maximum atomic E-state index is 13.7. The number of carboxylic acids is 1. The Bertz CT molecular complexity index is 824. The van der Waals surface area contributed by atoms with Gasteiger partial charge in [-0.2, -0.15) is 0 Å². The van der Waals surface area contributed by atoms with Gasteiger partial charge in [-0.1, -0.05) is 15.9 Å². The molecule has 0 aliphatic heterocycles. The molecule has 0 saturated heterocycles. The lowest BCUT2D eigenvalue weighted by Gasteiger charge is -2.10. The van der Waals surface area contributed by atoms with E-state index >= 15 is 0 Å². The Morgan fingerprint density at radius 2 is 1.87 bits per heavy atom. The summed E-state index contributed by atoms with van der Waals surface area (Å²) in [5, 5.41) is 8.50. The number of ether oxygens (including phenoxy) is 1. The van der Waals surface area contributed by atoms with Gasteiger partial charge in [0.05, 0.1) is 10.6 Å². The van der Waals surface area contributed by atoms with Gasteiger partial charge in [0.2, 0.25) is 0 Å². The molecule has 0 bridgehead atoms. The van der Waals surface area contributed by atoms with Crippen molar-refractivity contribution in [2.75, 3.05) is 11.3 Å². The Labute approximate surface area is 140 Å². The third-order valence-electron chi connectivity index (χ3n) is 2.67. The molecule has 23 heavy (non-hydrogen) atoms. The van der Waals surface area contributed by atoms with Gasteiger partial charge < -0.3 is 9.84 Å². The molecule has 0 unspecified atom stereocenters. The first-order valence-electron chi connectivity index (χ1n) is 6.20. The van der Waals surface area contributed by atoms with Crippen LogP contribution in [0.5, 0.6) is 5.75 Å². The van der Waals surface area contributed by atoms with E-state index < -0.39 is 28.4 Å². The van der Waals surface area contributed by atoms with Gasteiger partial charge in [-0.15, -0.1) is 0 Å². The lowest BCUT2D eigenvalue weighted by Crippen LogP contribution is -2.14. The maximum absolute atomic E-state index is 13.7. The van der Waals surface area contributed by atoms with Crippen molar-refractivity contribution < 1.29 is 27.4 Å². The lowest BCUT2D eigenvalue weighted by molar-refractivity contribution is -0.139. The van der Waals surface area contributed by atoms with Crippen molar-refractivity contribution in [2.45, 2.75) is 4.90 Å². The summed E-state index contributed by atoms with van der Waals surface area (Å²) in [6, 6.07) is 9.03. The van der Waals surface area contributed by atoms with Crippen molar-refractivity contribution in [3.63, 3.8) is 0 Å². The van der Waals surface area contributed by atoms with Gasteiger partial charge in [0.15, 0.2) is 6.61 Å². The van der Waals surface area contributed by atoms with Crippen molar-refractivity contribution in [3.8, 4) is 5.75 Å². The van der Waals surface area contributed by atoms with E-state index in [1.165, 1.54) is 36.4 Å². The van der Waals surface area contributed by atoms with Crippen LogP contribution in [0, 0.1) is 5.82 Å². The first-order chi connectivity index (χ1) is 10.8. The molecule has 0 radical (unpaired) electrons. The van der Waals surface area contributed by atoms with Crippen LogP contribution >= 0.6 is 15.9 Å².